The van der Waals surface area contributed by atoms with Crippen molar-refractivity contribution < 1.29 is 0 Å². The summed E-state index contributed by atoms with van der Waals surface area (Å²) in [5.41, 5.74) is 6.90. The minimum atomic E-state index is 0.0736. The largest absolute Gasteiger partial charge is 0.368 e. The summed E-state index contributed by atoms with van der Waals surface area (Å²) in [4.78, 5) is 29.0. The topological polar surface area (TPSA) is 100 Å². The molecule has 3 rings (SSSR count). The predicted molar refractivity (Wildman–Crippen MR) is 112 cm³/mol. The van der Waals surface area contributed by atoms with Gasteiger partial charge in [0.05, 0.1) is 6.04 Å². The molecule has 9 nitrogen and oxygen atoms in total. The van der Waals surface area contributed by atoms with Crippen LogP contribution in [0.1, 0.15) is 50.1 Å². The normalized spacial score (nSPS) is 16.5. The van der Waals surface area contributed by atoms with Crippen LogP contribution in [0, 0.1) is 6.92 Å². The van der Waals surface area contributed by atoms with Gasteiger partial charge in [0.1, 0.15) is 11.6 Å². The maximum atomic E-state index is 5.89. The molecule has 0 saturated carbocycles. The van der Waals surface area contributed by atoms with Crippen molar-refractivity contribution in [2.24, 2.45) is 0 Å². The monoisotopic (exact) mass is 385 g/mol. The summed E-state index contributed by atoms with van der Waals surface area (Å²) < 4.78 is 0. The van der Waals surface area contributed by atoms with Gasteiger partial charge in [0.2, 0.25) is 11.9 Å². The van der Waals surface area contributed by atoms with E-state index in [9.17, 15) is 0 Å². The Labute approximate surface area is 167 Å². The van der Waals surface area contributed by atoms with Crippen molar-refractivity contribution in [3.05, 3.63) is 23.4 Å². The third-order valence-corrected chi connectivity index (χ3v) is 4.99. The van der Waals surface area contributed by atoms with Crippen molar-refractivity contribution >= 4 is 17.7 Å². The van der Waals surface area contributed by atoms with Gasteiger partial charge in [-0.25, -0.2) is 9.97 Å². The summed E-state index contributed by atoms with van der Waals surface area (Å²) in [6.45, 7) is 12.0. The number of aryl methyl sites for hydroxylation is 1. The molecule has 1 fully saturated rings. The van der Waals surface area contributed by atoms with E-state index < -0.39 is 0 Å². The molecule has 3 heterocycles. The lowest BCUT2D eigenvalue weighted by Gasteiger charge is -2.38. The minimum Gasteiger partial charge on any atom is -0.368 e. The molecule has 1 atom stereocenters. The number of rotatable bonds is 5. The van der Waals surface area contributed by atoms with Gasteiger partial charge in [-0.1, -0.05) is 13.8 Å². The molecule has 9 heteroatoms. The van der Waals surface area contributed by atoms with Crippen LogP contribution in [0.2, 0.25) is 0 Å². The Morgan fingerprint density at radius 2 is 1.61 bits per heavy atom. The fraction of sp³-hybridized carbons (Fsp3) is 0.632. The van der Waals surface area contributed by atoms with Crippen LogP contribution in [0.3, 0.4) is 0 Å². The third kappa shape index (κ3) is 4.46. The Kier molecular flexibility index (Phi) is 5.93. The first-order valence-electron chi connectivity index (χ1n) is 9.78. The van der Waals surface area contributed by atoms with E-state index in [1.165, 1.54) is 0 Å². The molecule has 2 aromatic rings. The third-order valence-electron chi connectivity index (χ3n) is 4.99. The Morgan fingerprint density at radius 3 is 2.21 bits per heavy atom. The van der Waals surface area contributed by atoms with Crippen molar-refractivity contribution in [1.82, 2.24) is 29.8 Å². The van der Waals surface area contributed by atoms with Gasteiger partial charge in [-0.15, -0.1) is 0 Å². The summed E-state index contributed by atoms with van der Waals surface area (Å²) in [6.07, 6.45) is 0. The van der Waals surface area contributed by atoms with Crippen molar-refractivity contribution in [2.75, 3.05) is 55.8 Å². The van der Waals surface area contributed by atoms with Crippen LogP contribution in [-0.2, 0) is 0 Å². The van der Waals surface area contributed by atoms with Crippen LogP contribution in [-0.4, -0.2) is 70.1 Å². The predicted octanol–water partition coefficient (Wildman–Crippen LogP) is 1.62. The lowest BCUT2D eigenvalue weighted by molar-refractivity contribution is 0.191. The average Bonchev–Trinajstić information content (AvgIpc) is 2.66. The second kappa shape index (κ2) is 8.22. The van der Waals surface area contributed by atoms with E-state index in [2.05, 4.69) is 56.6 Å². The molecule has 1 aliphatic heterocycles. The van der Waals surface area contributed by atoms with Crippen LogP contribution in [0.15, 0.2) is 6.07 Å². The highest BCUT2D eigenvalue weighted by Gasteiger charge is 2.25. The molecule has 2 aromatic heterocycles. The molecule has 0 radical (unpaired) electrons. The van der Waals surface area contributed by atoms with E-state index in [0.717, 1.165) is 43.5 Å². The Bertz CT molecular complexity index is 813. The van der Waals surface area contributed by atoms with Crippen LogP contribution < -0.4 is 15.5 Å². The highest BCUT2D eigenvalue weighted by molar-refractivity contribution is 5.41. The number of piperazine rings is 1. The van der Waals surface area contributed by atoms with Gasteiger partial charge in [0.25, 0.3) is 0 Å². The van der Waals surface area contributed by atoms with Gasteiger partial charge in [-0.05, 0) is 13.8 Å². The van der Waals surface area contributed by atoms with Crippen LogP contribution in [0.25, 0.3) is 0 Å². The molecular weight excluding hydrogens is 354 g/mol. The highest BCUT2D eigenvalue weighted by Crippen LogP contribution is 2.23. The van der Waals surface area contributed by atoms with E-state index in [1.54, 1.807) is 0 Å². The molecule has 0 spiro atoms. The summed E-state index contributed by atoms with van der Waals surface area (Å²) in [5, 5.41) is 0. The molecule has 152 valence electrons. The van der Waals surface area contributed by atoms with Gasteiger partial charge in [0.15, 0.2) is 5.82 Å². The van der Waals surface area contributed by atoms with Gasteiger partial charge in [-0.2, -0.15) is 15.0 Å². The molecule has 1 saturated heterocycles. The summed E-state index contributed by atoms with van der Waals surface area (Å²) in [5.74, 6) is 3.80. The van der Waals surface area contributed by atoms with E-state index in [4.69, 9.17) is 10.7 Å². The molecule has 0 unspecified atom stereocenters. The first-order chi connectivity index (χ1) is 13.2. The SMILES string of the molecule is Cc1cc(N2CCN([C@H](C)c3nc(N)nc(N(C)C)n3)CC2)nc(C(C)C)n1. The standard InChI is InChI=1S/C19H31N9/c1-12(2)16-21-13(3)11-15(22-16)28-9-7-27(8-10-28)14(4)17-23-18(20)25-19(24-17)26(5)6/h11-12,14H,7-10H2,1-6H3,(H2,20,23,24,25)/t14-/m1/s1. The lowest BCUT2D eigenvalue weighted by Crippen LogP contribution is -2.47. The minimum absolute atomic E-state index is 0.0736. The van der Waals surface area contributed by atoms with Gasteiger partial charge in [0, 0.05) is 58.0 Å². The van der Waals surface area contributed by atoms with Crippen molar-refractivity contribution in [3.63, 3.8) is 0 Å². The molecule has 0 bridgehead atoms. The Balaban J connectivity index is 1.70. The Morgan fingerprint density at radius 1 is 0.929 bits per heavy atom. The maximum Gasteiger partial charge on any atom is 0.229 e. The number of hydrogen-bond acceptors (Lipinski definition) is 9. The van der Waals surface area contributed by atoms with Crippen LogP contribution in [0.4, 0.5) is 17.7 Å². The van der Waals surface area contributed by atoms with E-state index in [-0.39, 0.29) is 12.0 Å². The van der Waals surface area contributed by atoms with Crippen molar-refractivity contribution in [1.29, 1.82) is 0 Å². The Hall–Kier alpha value is -2.55. The molecule has 0 aromatic carbocycles. The zero-order valence-corrected chi connectivity index (χ0v) is 17.7. The van der Waals surface area contributed by atoms with Crippen molar-refractivity contribution in [3.8, 4) is 0 Å². The summed E-state index contributed by atoms with van der Waals surface area (Å²) in [6, 6.07) is 2.14. The smallest absolute Gasteiger partial charge is 0.229 e. The second-order valence-corrected chi connectivity index (χ2v) is 7.83. The molecular formula is C19H31N9. The second-order valence-electron chi connectivity index (χ2n) is 7.83. The number of nitrogens with zero attached hydrogens (tertiary/aromatic N) is 8. The highest BCUT2D eigenvalue weighted by atomic mass is 15.3. The fourth-order valence-corrected chi connectivity index (χ4v) is 3.28. The fourth-order valence-electron chi connectivity index (χ4n) is 3.28. The quantitative estimate of drug-likeness (QED) is 0.823. The molecule has 0 aliphatic carbocycles. The number of aromatic nitrogens is 5. The number of anilines is 3. The first kappa shape index (κ1) is 20.2. The average molecular weight is 386 g/mol. The lowest BCUT2D eigenvalue weighted by atomic mass is 10.2. The van der Waals surface area contributed by atoms with E-state index >= 15 is 0 Å². The number of nitrogen functional groups attached to an aromatic ring is 1. The molecule has 1 aliphatic rings. The van der Waals surface area contributed by atoms with Crippen LogP contribution >= 0.6 is 0 Å². The van der Waals surface area contributed by atoms with Gasteiger partial charge in [-0.3, -0.25) is 4.90 Å². The summed E-state index contributed by atoms with van der Waals surface area (Å²) in [7, 11) is 3.80. The van der Waals surface area contributed by atoms with Crippen molar-refractivity contribution in [2.45, 2.75) is 39.7 Å². The molecule has 28 heavy (non-hydrogen) atoms. The van der Waals surface area contributed by atoms with Gasteiger partial charge < -0.3 is 15.5 Å². The molecule has 0 amide bonds. The zero-order chi connectivity index (χ0) is 20.4. The van der Waals surface area contributed by atoms with Gasteiger partial charge >= 0.3 is 0 Å². The van der Waals surface area contributed by atoms with Crippen LogP contribution in [0.5, 0.6) is 0 Å². The number of hydrogen-bond donors (Lipinski definition) is 1. The number of nitrogens with two attached hydrogens (primary N) is 1. The van der Waals surface area contributed by atoms with E-state index in [0.29, 0.717) is 17.7 Å². The first-order valence-corrected chi connectivity index (χ1v) is 9.78. The zero-order valence-electron chi connectivity index (χ0n) is 17.7. The van der Waals surface area contributed by atoms with E-state index in [1.807, 2.05) is 25.9 Å². The summed E-state index contributed by atoms with van der Waals surface area (Å²) >= 11 is 0. The molecule has 2 N–H and O–H groups in total. The maximum absolute atomic E-state index is 5.89.